The Morgan fingerprint density at radius 3 is 2.56 bits per heavy atom. The monoisotopic (exact) mass is 499 g/mol. The van der Waals surface area contributed by atoms with Crippen LogP contribution in [0.2, 0.25) is 0 Å². The van der Waals surface area contributed by atoms with E-state index in [0.717, 1.165) is 26.3 Å². The van der Waals surface area contributed by atoms with E-state index in [1.165, 1.54) is 0 Å². The first-order chi connectivity index (χ1) is 15.4. The molecular formula is C23H22BrN3O5. The zero-order valence-corrected chi connectivity index (χ0v) is 19.2. The lowest BCUT2D eigenvalue weighted by atomic mass is 10.1. The van der Waals surface area contributed by atoms with Crippen LogP contribution in [0.25, 0.3) is 5.69 Å². The van der Waals surface area contributed by atoms with Crippen molar-refractivity contribution in [1.29, 1.82) is 0 Å². The Balaban J connectivity index is 1.77. The zero-order valence-electron chi connectivity index (χ0n) is 17.6. The first-order valence-corrected chi connectivity index (χ1v) is 10.7. The van der Waals surface area contributed by atoms with Crippen molar-refractivity contribution in [1.82, 2.24) is 15.1 Å². The van der Waals surface area contributed by atoms with Crippen molar-refractivity contribution >= 4 is 27.8 Å². The number of amides is 1. The average molecular weight is 500 g/mol. The first kappa shape index (κ1) is 23.2. The predicted octanol–water partition coefficient (Wildman–Crippen LogP) is 3.18. The predicted molar refractivity (Wildman–Crippen MR) is 122 cm³/mol. The highest BCUT2D eigenvalue weighted by Gasteiger charge is 2.20. The Morgan fingerprint density at radius 2 is 1.88 bits per heavy atom. The average Bonchev–Trinajstić information content (AvgIpc) is 2.77. The number of hydrogen-bond acceptors (Lipinski definition) is 6. The van der Waals surface area contributed by atoms with E-state index in [9.17, 15) is 14.4 Å². The van der Waals surface area contributed by atoms with E-state index >= 15 is 0 Å². The molecule has 1 amide bonds. The molecule has 32 heavy (non-hydrogen) atoms. The summed E-state index contributed by atoms with van der Waals surface area (Å²) in [7, 11) is 0. The second-order valence-corrected chi connectivity index (χ2v) is 7.77. The van der Waals surface area contributed by atoms with E-state index in [4.69, 9.17) is 9.47 Å². The van der Waals surface area contributed by atoms with E-state index in [0.29, 0.717) is 12.2 Å². The van der Waals surface area contributed by atoms with Crippen LogP contribution in [0.3, 0.4) is 0 Å². The fourth-order valence-electron chi connectivity index (χ4n) is 2.78. The second kappa shape index (κ2) is 10.7. The molecular weight excluding hydrogens is 478 g/mol. The number of ether oxygens (including phenoxy) is 2. The molecule has 166 valence electrons. The molecule has 1 N–H and O–H groups in total. The van der Waals surface area contributed by atoms with Crippen molar-refractivity contribution < 1.29 is 19.1 Å². The van der Waals surface area contributed by atoms with Crippen molar-refractivity contribution in [3.8, 4) is 11.4 Å². The van der Waals surface area contributed by atoms with Gasteiger partial charge in [-0.05, 0) is 37.6 Å². The van der Waals surface area contributed by atoms with Crippen LogP contribution in [-0.2, 0) is 16.1 Å². The molecule has 0 saturated carbocycles. The SMILES string of the molecule is CCOC(=O)c1nn(-c2cccc(Br)c2)c(=O)cc1OCC(=O)NCc1ccc(C)cc1. The molecule has 1 heterocycles. The fourth-order valence-corrected chi connectivity index (χ4v) is 3.17. The molecule has 1 aromatic heterocycles. The topological polar surface area (TPSA) is 99.5 Å². The Morgan fingerprint density at radius 1 is 1.12 bits per heavy atom. The van der Waals surface area contributed by atoms with E-state index in [-0.39, 0.29) is 24.7 Å². The third-order valence-corrected chi connectivity index (χ3v) is 4.88. The van der Waals surface area contributed by atoms with Gasteiger partial charge >= 0.3 is 5.97 Å². The largest absolute Gasteiger partial charge is 0.481 e. The minimum absolute atomic E-state index is 0.118. The number of aryl methyl sites for hydroxylation is 1. The maximum atomic E-state index is 12.6. The number of rotatable bonds is 8. The van der Waals surface area contributed by atoms with Gasteiger partial charge in [-0.2, -0.15) is 9.78 Å². The number of carbonyl (C=O) groups is 2. The number of nitrogens with one attached hydrogen (secondary N) is 1. The van der Waals surface area contributed by atoms with Gasteiger partial charge in [0.15, 0.2) is 12.4 Å². The third-order valence-electron chi connectivity index (χ3n) is 4.39. The van der Waals surface area contributed by atoms with Crippen LogP contribution >= 0.6 is 15.9 Å². The first-order valence-electron chi connectivity index (χ1n) is 9.90. The minimum atomic E-state index is -0.758. The molecule has 0 aliphatic carbocycles. The van der Waals surface area contributed by atoms with E-state index in [2.05, 4.69) is 26.3 Å². The standard InChI is InChI=1S/C23H22BrN3O5/c1-3-31-23(30)22-19(12-21(29)27(26-22)18-6-4-5-17(24)11-18)32-14-20(28)25-13-16-9-7-15(2)8-10-16/h4-12H,3,13-14H2,1-2H3,(H,25,28). The minimum Gasteiger partial charge on any atom is -0.481 e. The number of nitrogens with zero attached hydrogens (tertiary/aromatic N) is 2. The van der Waals surface area contributed by atoms with E-state index in [1.807, 2.05) is 31.2 Å². The van der Waals surface area contributed by atoms with Crippen molar-refractivity contribution in [3.63, 3.8) is 0 Å². The van der Waals surface area contributed by atoms with E-state index < -0.39 is 17.4 Å². The molecule has 3 aromatic rings. The summed E-state index contributed by atoms with van der Waals surface area (Å²) in [5, 5.41) is 6.87. The van der Waals surface area contributed by atoms with Gasteiger partial charge in [-0.25, -0.2) is 4.79 Å². The molecule has 2 aromatic carbocycles. The smallest absolute Gasteiger partial charge is 0.362 e. The summed E-state index contributed by atoms with van der Waals surface area (Å²) in [5.74, 6) is -1.28. The van der Waals surface area contributed by atoms with Crippen LogP contribution in [-0.4, -0.2) is 34.9 Å². The molecule has 0 atom stereocenters. The molecule has 0 radical (unpaired) electrons. The highest BCUT2D eigenvalue weighted by molar-refractivity contribution is 9.10. The van der Waals surface area contributed by atoms with Gasteiger partial charge in [-0.1, -0.05) is 51.8 Å². The molecule has 3 rings (SSSR count). The summed E-state index contributed by atoms with van der Waals surface area (Å²) < 4.78 is 12.3. The fraction of sp³-hybridized carbons (Fsp3) is 0.217. The number of carbonyl (C=O) groups excluding carboxylic acids is 2. The van der Waals surface area contributed by atoms with Crippen LogP contribution < -0.4 is 15.6 Å². The summed E-state index contributed by atoms with van der Waals surface area (Å²) in [6.45, 7) is 3.69. The van der Waals surface area contributed by atoms with Gasteiger partial charge in [0, 0.05) is 11.0 Å². The number of halogens is 1. The molecule has 9 heteroatoms. The number of aromatic nitrogens is 2. The van der Waals surface area contributed by atoms with Gasteiger partial charge in [0.25, 0.3) is 11.5 Å². The highest BCUT2D eigenvalue weighted by atomic mass is 79.9. The molecule has 8 nitrogen and oxygen atoms in total. The Labute approximate surface area is 193 Å². The van der Waals surface area contributed by atoms with Crippen LogP contribution in [0.15, 0.2) is 63.9 Å². The lowest BCUT2D eigenvalue weighted by molar-refractivity contribution is -0.123. The van der Waals surface area contributed by atoms with Crippen LogP contribution in [0.5, 0.6) is 5.75 Å². The number of esters is 1. The van der Waals surface area contributed by atoms with Crippen LogP contribution in [0.4, 0.5) is 0 Å². The molecule has 0 bridgehead atoms. The Bertz CT molecular complexity index is 1170. The maximum Gasteiger partial charge on any atom is 0.362 e. The highest BCUT2D eigenvalue weighted by Crippen LogP contribution is 2.18. The quantitative estimate of drug-likeness (QED) is 0.477. The maximum absolute atomic E-state index is 12.6. The van der Waals surface area contributed by atoms with Gasteiger partial charge < -0.3 is 14.8 Å². The Kier molecular flexibility index (Phi) is 7.77. The number of benzene rings is 2. The molecule has 0 aliphatic heterocycles. The normalized spacial score (nSPS) is 10.5. The van der Waals surface area contributed by atoms with Crippen molar-refractivity contribution in [2.75, 3.05) is 13.2 Å². The lowest BCUT2D eigenvalue weighted by Gasteiger charge is -2.13. The Hall–Kier alpha value is -3.46. The molecule has 0 aliphatic rings. The van der Waals surface area contributed by atoms with Crippen LogP contribution in [0.1, 0.15) is 28.5 Å². The summed E-state index contributed by atoms with van der Waals surface area (Å²) in [5.41, 5.74) is 1.80. The van der Waals surface area contributed by atoms with Crippen molar-refractivity contribution in [3.05, 3.63) is 86.2 Å². The van der Waals surface area contributed by atoms with Gasteiger partial charge in [-0.15, -0.1) is 0 Å². The van der Waals surface area contributed by atoms with Gasteiger partial charge in [0.05, 0.1) is 18.4 Å². The van der Waals surface area contributed by atoms with E-state index in [1.54, 1.807) is 31.2 Å². The second-order valence-electron chi connectivity index (χ2n) is 6.86. The van der Waals surface area contributed by atoms with Crippen molar-refractivity contribution in [2.24, 2.45) is 0 Å². The van der Waals surface area contributed by atoms with Crippen molar-refractivity contribution in [2.45, 2.75) is 20.4 Å². The summed E-state index contributed by atoms with van der Waals surface area (Å²) in [6, 6.07) is 15.8. The summed E-state index contributed by atoms with van der Waals surface area (Å²) >= 11 is 3.34. The molecule has 0 fully saturated rings. The zero-order chi connectivity index (χ0) is 23.1. The number of hydrogen-bond donors (Lipinski definition) is 1. The van der Waals surface area contributed by atoms with Gasteiger partial charge in [-0.3, -0.25) is 9.59 Å². The summed E-state index contributed by atoms with van der Waals surface area (Å²) in [6.07, 6.45) is 0. The lowest BCUT2D eigenvalue weighted by Crippen LogP contribution is -2.30. The van der Waals surface area contributed by atoms with Crippen LogP contribution in [0, 0.1) is 6.92 Å². The summed E-state index contributed by atoms with van der Waals surface area (Å²) in [4.78, 5) is 37.3. The molecule has 0 unspecified atom stereocenters. The van der Waals surface area contributed by atoms with Gasteiger partial charge in [0.1, 0.15) is 0 Å². The van der Waals surface area contributed by atoms with Gasteiger partial charge in [0.2, 0.25) is 5.69 Å². The molecule has 0 saturated heterocycles. The third kappa shape index (κ3) is 6.04. The molecule has 0 spiro atoms.